The molecule has 2 N–H and O–H groups in total. The lowest BCUT2D eigenvalue weighted by Gasteiger charge is -2.06. The quantitative estimate of drug-likeness (QED) is 0.773. The van der Waals surface area contributed by atoms with Crippen LogP contribution in [0.1, 0.15) is 12.0 Å². The predicted octanol–water partition coefficient (Wildman–Crippen LogP) is 3.25. The number of nitrogen functional groups attached to an aromatic ring is 1. The first-order chi connectivity index (χ1) is 9.34. The van der Waals surface area contributed by atoms with E-state index < -0.39 is 0 Å². The van der Waals surface area contributed by atoms with Gasteiger partial charge >= 0.3 is 0 Å². The van der Waals surface area contributed by atoms with Crippen molar-refractivity contribution in [2.45, 2.75) is 19.4 Å². The molecule has 3 aromatic rings. The highest BCUT2D eigenvalue weighted by molar-refractivity contribution is 5.78. The van der Waals surface area contributed by atoms with E-state index in [1.165, 1.54) is 5.56 Å². The highest BCUT2D eigenvalue weighted by Gasteiger charge is 2.06. The number of imidazole rings is 1. The Bertz CT molecular complexity index is 671. The molecule has 0 unspecified atom stereocenters. The molecule has 19 heavy (non-hydrogen) atoms. The summed E-state index contributed by atoms with van der Waals surface area (Å²) in [5.74, 6) is 0.606. The van der Waals surface area contributed by atoms with Crippen molar-refractivity contribution in [1.29, 1.82) is 0 Å². The van der Waals surface area contributed by atoms with Crippen LogP contribution < -0.4 is 5.73 Å². The molecular formula is C16H17N3. The molecule has 3 heteroatoms. The van der Waals surface area contributed by atoms with Crippen molar-refractivity contribution in [2.75, 3.05) is 5.73 Å². The molecule has 0 aliphatic rings. The van der Waals surface area contributed by atoms with Gasteiger partial charge in [0.15, 0.2) is 0 Å². The fourth-order valence-corrected chi connectivity index (χ4v) is 2.42. The number of benzene rings is 2. The minimum absolute atomic E-state index is 0.606. The molecule has 96 valence electrons. The van der Waals surface area contributed by atoms with E-state index in [-0.39, 0.29) is 0 Å². The lowest BCUT2D eigenvalue weighted by Crippen LogP contribution is -2.04. The summed E-state index contributed by atoms with van der Waals surface area (Å²) in [6.45, 7) is 0.904. The first-order valence-corrected chi connectivity index (χ1v) is 6.59. The van der Waals surface area contributed by atoms with Gasteiger partial charge in [-0.1, -0.05) is 42.5 Å². The number of hydrogen-bond donors (Lipinski definition) is 1. The number of rotatable bonds is 4. The summed E-state index contributed by atoms with van der Waals surface area (Å²) in [5.41, 5.74) is 9.44. The first-order valence-electron chi connectivity index (χ1n) is 6.59. The molecular weight excluding hydrogens is 234 g/mol. The Balaban J connectivity index is 1.73. The standard InChI is InChI=1S/C16H17N3/c17-16-18-14-10-4-5-11-15(14)19(16)12-6-9-13-7-2-1-3-8-13/h1-5,7-8,10-11H,6,9,12H2,(H2,17,18). The Morgan fingerprint density at radius 1 is 0.947 bits per heavy atom. The molecule has 0 bridgehead atoms. The van der Waals surface area contributed by atoms with E-state index in [1.54, 1.807) is 0 Å². The Morgan fingerprint density at radius 2 is 1.68 bits per heavy atom. The Morgan fingerprint density at radius 3 is 2.53 bits per heavy atom. The maximum absolute atomic E-state index is 5.98. The maximum atomic E-state index is 5.98. The van der Waals surface area contributed by atoms with Crippen molar-refractivity contribution < 1.29 is 0 Å². The number of hydrogen-bond acceptors (Lipinski definition) is 2. The van der Waals surface area contributed by atoms with Crippen LogP contribution in [0, 0.1) is 0 Å². The topological polar surface area (TPSA) is 43.8 Å². The SMILES string of the molecule is Nc1nc2ccccc2n1CCCc1ccccc1. The van der Waals surface area contributed by atoms with Gasteiger partial charge in [-0.05, 0) is 30.5 Å². The van der Waals surface area contributed by atoms with Gasteiger partial charge in [0, 0.05) is 6.54 Å². The number of para-hydroxylation sites is 2. The van der Waals surface area contributed by atoms with Gasteiger partial charge in [-0.15, -0.1) is 0 Å². The summed E-state index contributed by atoms with van der Waals surface area (Å²) in [5, 5.41) is 0. The molecule has 3 nitrogen and oxygen atoms in total. The molecule has 1 heterocycles. The van der Waals surface area contributed by atoms with Gasteiger partial charge in [0.2, 0.25) is 5.95 Å². The molecule has 3 rings (SSSR count). The third kappa shape index (κ3) is 2.45. The highest BCUT2D eigenvalue weighted by atomic mass is 15.1. The number of nitrogens with zero attached hydrogens (tertiary/aromatic N) is 2. The first kappa shape index (κ1) is 11.8. The Hall–Kier alpha value is -2.29. The third-order valence-corrected chi connectivity index (χ3v) is 3.37. The van der Waals surface area contributed by atoms with Crippen LogP contribution in [-0.2, 0) is 13.0 Å². The molecule has 0 amide bonds. The van der Waals surface area contributed by atoms with Crippen LogP contribution in [0.3, 0.4) is 0 Å². The van der Waals surface area contributed by atoms with Crippen molar-refractivity contribution in [2.24, 2.45) is 0 Å². The summed E-state index contributed by atoms with van der Waals surface area (Å²) < 4.78 is 2.10. The van der Waals surface area contributed by atoms with Crippen LogP contribution in [0.4, 0.5) is 5.95 Å². The fourth-order valence-electron chi connectivity index (χ4n) is 2.42. The fraction of sp³-hybridized carbons (Fsp3) is 0.188. The number of aryl methyl sites for hydroxylation is 2. The van der Waals surface area contributed by atoms with Crippen LogP contribution in [0.15, 0.2) is 54.6 Å². The lowest BCUT2D eigenvalue weighted by molar-refractivity contribution is 0.665. The Labute approximate surface area is 112 Å². The number of anilines is 1. The number of aromatic nitrogens is 2. The second-order valence-corrected chi connectivity index (χ2v) is 4.70. The van der Waals surface area contributed by atoms with Gasteiger partial charge in [0.05, 0.1) is 11.0 Å². The summed E-state index contributed by atoms with van der Waals surface area (Å²) in [4.78, 5) is 4.38. The van der Waals surface area contributed by atoms with Crippen molar-refractivity contribution in [3.05, 3.63) is 60.2 Å². The molecule has 0 atom stereocenters. The van der Waals surface area contributed by atoms with E-state index in [1.807, 2.05) is 24.3 Å². The zero-order chi connectivity index (χ0) is 13.1. The van der Waals surface area contributed by atoms with Crippen LogP contribution in [0.25, 0.3) is 11.0 Å². The average Bonchev–Trinajstić information content (AvgIpc) is 2.76. The molecule has 0 aliphatic carbocycles. The van der Waals surface area contributed by atoms with Gasteiger partial charge in [0.25, 0.3) is 0 Å². The number of fused-ring (bicyclic) bond motifs is 1. The second kappa shape index (κ2) is 5.14. The minimum Gasteiger partial charge on any atom is -0.369 e. The normalized spacial score (nSPS) is 10.9. The van der Waals surface area contributed by atoms with Crippen LogP contribution >= 0.6 is 0 Å². The Kier molecular flexibility index (Phi) is 3.19. The molecule has 0 radical (unpaired) electrons. The molecule has 0 fully saturated rings. The lowest BCUT2D eigenvalue weighted by atomic mass is 10.1. The largest absolute Gasteiger partial charge is 0.369 e. The zero-order valence-electron chi connectivity index (χ0n) is 10.8. The predicted molar refractivity (Wildman–Crippen MR) is 78.9 cm³/mol. The summed E-state index contributed by atoms with van der Waals surface area (Å²) >= 11 is 0. The average molecular weight is 251 g/mol. The zero-order valence-corrected chi connectivity index (χ0v) is 10.8. The van der Waals surface area contributed by atoms with Gasteiger partial charge < -0.3 is 10.3 Å². The molecule has 2 aromatic carbocycles. The van der Waals surface area contributed by atoms with Crippen molar-refractivity contribution >= 4 is 17.0 Å². The molecule has 0 aliphatic heterocycles. The van der Waals surface area contributed by atoms with Gasteiger partial charge in [-0.3, -0.25) is 0 Å². The summed E-state index contributed by atoms with van der Waals surface area (Å²) in [6, 6.07) is 18.6. The van der Waals surface area contributed by atoms with E-state index in [4.69, 9.17) is 5.73 Å². The minimum atomic E-state index is 0.606. The van der Waals surface area contributed by atoms with E-state index in [0.717, 1.165) is 30.4 Å². The van der Waals surface area contributed by atoms with Crippen LogP contribution in [-0.4, -0.2) is 9.55 Å². The van der Waals surface area contributed by atoms with E-state index >= 15 is 0 Å². The maximum Gasteiger partial charge on any atom is 0.201 e. The third-order valence-electron chi connectivity index (χ3n) is 3.37. The molecule has 0 spiro atoms. The van der Waals surface area contributed by atoms with E-state index in [9.17, 15) is 0 Å². The smallest absolute Gasteiger partial charge is 0.201 e. The van der Waals surface area contributed by atoms with E-state index in [2.05, 4.69) is 39.9 Å². The summed E-state index contributed by atoms with van der Waals surface area (Å²) in [7, 11) is 0. The van der Waals surface area contributed by atoms with Gasteiger partial charge in [-0.25, -0.2) is 4.98 Å². The number of nitrogens with two attached hydrogens (primary N) is 1. The molecule has 1 aromatic heterocycles. The highest BCUT2D eigenvalue weighted by Crippen LogP contribution is 2.18. The second-order valence-electron chi connectivity index (χ2n) is 4.70. The van der Waals surface area contributed by atoms with Crippen LogP contribution in [0.2, 0.25) is 0 Å². The van der Waals surface area contributed by atoms with Gasteiger partial charge in [-0.2, -0.15) is 0 Å². The van der Waals surface area contributed by atoms with Gasteiger partial charge in [0.1, 0.15) is 0 Å². The molecule has 0 saturated carbocycles. The van der Waals surface area contributed by atoms with Crippen molar-refractivity contribution in [3.8, 4) is 0 Å². The monoisotopic (exact) mass is 251 g/mol. The molecule has 0 saturated heterocycles. The van der Waals surface area contributed by atoms with Crippen molar-refractivity contribution in [1.82, 2.24) is 9.55 Å². The summed E-state index contributed by atoms with van der Waals surface area (Å²) in [6.07, 6.45) is 2.13. The van der Waals surface area contributed by atoms with Crippen LogP contribution in [0.5, 0.6) is 0 Å². The van der Waals surface area contributed by atoms with E-state index in [0.29, 0.717) is 5.95 Å². The van der Waals surface area contributed by atoms with Crippen molar-refractivity contribution in [3.63, 3.8) is 0 Å².